The monoisotopic (exact) mass is 247 g/mol. The number of methoxy groups -OCH3 is 1. The van der Waals surface area contributed by atoms with Crippen molar-refractivity contribution in [1.29, 1.82) is 0 Å². The summed E-state index contributed by atoms with van der Waals surface area (Å²) in [4.78, 5) is 26.2. The summed E-state index contributed by atoms with van der Waals surface area (Å²) in [6.07, 6.45) is 1.74. The van der Waals surface area contributed by atoms with Crippen LogP contribution in [0.25, 0.3) is 10.9 Å². The molecule has 0 amide bonds. The average Bonchev–Trinajstić information content (AvgIpc) is 2.85. The summed E-state index contributed by atoms with van der Waals surface area (Å²) >= 11 is 0. The van der Waals surface area contributed by atoms with Gasteiger partial charge in [0.2, 0.25) is 0 Å². The van der Waals surface area contributed by atoms with Gasteiger partial charge in [-0.25, -0.2) is 4.79 Å². The molecule has 1 aromatic heterocycles. The highest BCUT2D eigenvalue weighted by molar-refractivity contribution is 6.41. The van der Waals surface area contributed by atoms with Crippen molar-refractivity contribution < 1.29 is 19.1 Å². The van der Waals surface area contributed by atoms with Crippen molar-refractivity contribution >= 4 is 22.7 Å². The summed E-state index contributed by atoms with van der Waals surface area (Å²) in [5, 5.41) is 0.859. The highest BCUT2D eigenvalue weighted by Crippen LogP contribution is 2.26. The highest BCUT2D eigenvalue weighted by atomic mass is 16.5. The Kier molecular flexibility index (Phi) is 3.32. The number of esters is 1. The van der Waals surface area contributed by atoms with Crippen LogP contribution in [-0.4, -0.2) is 30.5 Å². The fourth-order valence-corrected chi connectivity index (χ4v) is 1.75. The third-order valence-electron chi connectivity index (χ3n) is 2.57. The van der Waals surface area contributed by atoms with E-state index in [1.165, 1.54) is 13.2 Å². The van der Waals surface area contributed by atoms with Crippen LogP contribution in [0.15, 0.2) is 24.4 Å². The number of benzene rings is 1. The van der Waals surface area contributed by atoms with Gasteiger partial charge in [-0.2, -0.15) is 0 Å². The molecular formula is C13H13NO4. The molecule has 0 fully saturated rings. The first-order valence-electron chi connectivity index (χ1n) is 5.54. The smallest absolute Gasteiger partial charge is 0.379 e. The zero-order chi connectivity index (χ0) is 13.1. The van der Waals surface area contributed by atoms with Crippen molar-refractivity contribution in [3.05, 3.63) is 30.0 Å². The first kappa shape index (κ1) is 12.2. The molecule has 0 atom stereocenters. The van der Waals surface area contributed by atoms with Gasteiger partial charge in [0.1, 0.15) is 5.75 Å². The van der Waals surface area contributed by atoms with Gasteiger partial charge in [0.05, 0.1) is 13.7 Å². The van der Waals surface area contributed by atoms with E-state index >= 15 is 0 Å². The molecule has 0 aliphatic carbocycles. The van der Waals surface area contributed by atoms with Crippen molar-refractivity contribution in [3.63, 3.8) is 0 Å². The van der Waals surface area contributed by atoms with Crippen LogP contribution in [0.2, 0.25) is 0 Å². The number of Topliss-reactive ketones (excluding diaryl/α,β-unsaturated/α-hetero) is 1. The van der Waals surface area contributed by atoms with Gasteiger partial charge in [0.15, 0.2) is 0 Å². The van der Waals surface area contributed by atoms with Gasteiger partial charge in [-0.05, 0) is 25.1 Å². The Labute approximate surface area is 104 Å². The van der Waals surface area contributed by atoms with E-state index in [9.17, 15) is 9.59 Å². The van der Waals surface area contributed by atoms with Crippen LogP contribution in [0.1, 0.15) is 17.3 Å². The highest BCUT2D eigenvalue weighted by Gasteiger charge is 2.19. The Balaban J connectivity index is 2.45. The first-order valence-corrected chi connectivity index (χ1v) is 5.54. The molecule has 5 heteroatoms. The zero-order valence-corrected chi connectivity index (χ0v) is 10.1. The number of H-pyrrole nitrogens is 1. The minimum absolute atomic E-state index is 0.173. The number of carbonyl (C=O) groups excluding carboxylic acids is 2. The molecule has 0 radical (unpaired) electrons. The molecule has 0 spiro atoms. The van der Waals surface area contributed by atoms with E-state index in [0.29, 0.717) is 5.75 Å². The molecule has 0 saturated heterocycles. The summed E-state index contributed by atoms with van der Waals surface area (Å²) in [6.45, 7) is 1.83. The Morgan fingerprint density at radius 2 is 2.11 bits per heavy atom. The van der Waals surface area contributed by atoms with Crippen LogP contribution in [0.5, 0.6) is 5.75 Å². The largest absolute Gasteiger partial charge is 0.496 e. The Morgan fingerprint density at radius 1 is 1.33 bits per heavy atom. The van der Waals surface area contributed by atoms with Crippen LogP contribution < -0.4 is 4.74 Å². The van der Waals surface area contributed by atoms with Crippen molar-refractivity contribution in [2.45, 2.75) is 6.92 Å². The van der Waals surface area contributed by atoms with E-state index in [1.54, 1.807) is 19.2 Å². The third-order valence-corrected chi connectivity index (χ3v) is 2.57. The topological polar surface area (TPSA) is 68.4 Å². The Hall–Kier alpha value is -2.30. The molecule has 94 valence electrons. The van der Waals surface area contributed by atoms with Gasteiger partial charge in [-0.1, -0.05) is 0 Å². The number of hydrogen-bond donors (Lipinski definition) is 1. The van der Waals surface area contributed by atoms with Gasteiger partial charge in [0.25, 0.3) is 5.78 Å². The maximum atomic E-state index is 11.8. The fourth-order valence-electron chi connectivity index (χ4n) is 1.75. The first-order chi connectivity index (χ1) is 8.67. The number of nitrogens with one attached hydrogen (secondary N) is 1. The van der Waals surface area contributed by atoms with Gasteiger partial charge < -0.3 is 14.5 Å². The van der Waals surface area contributed by atoms with Crippen LogP contribution in [-0.2, 0) is 9.53 Å². The number of hydrogen-bond acceptors (Lipinski definition) is 4. The number of rotatable bonds is 4. The molecule has 5 nitrogen and oxygen atoms in total. The molecular weight excluding hydrogens is 234 g/mol. The van der Waals surface area contributed by atoms with E-state index in [2.05, 4.69) is 9.72 Å². The van der Waals surface area contributed by atoms with Gasteiger partial charge in [-0.3, -0.25) is 4.79 Å². The summed E-state index contributed by atoms with van der Waals surface area (Å²) in [5.74, 6) is -0.987. The molecule has 0 unspecified atom stereocenters. The Bertz CT molecular complexity index is 600. The maximum absolute atomic E-state index is 11.8. The fraction of sp³-hybridized carbons (Fsp3) is 0.231. The second-order valence-electron chi connectivity index (χ2n) is 3.67. The van der Waals surface area contributed by atoms with E-state index in [4.69, 9.17) is 4.74 Å². The number of ketones is 1. The van der Waals surface area contributed by atoms with Crippen LogP contribution in [0, 0.1) is 0 Å². The molecule has 0 aliphatic rings. The van der Waals surface area contributed by atoms with Crippen molar-refractivity contribution in [2.24, 2.45) is 0 Å². The van der Waals surface area contributed by atoms with Crippen molar-refractivity contribution in [2.75, 3.05) is 13.7 Å². The van der Waals surface area contributed by atoms with Gasteiger partial charge >= 0.3 is 5.97 Å². The quantitative estimate of drug-likeness (QED) is 0.509. The van der Waals surface area contributed by atoms with E-state index in [0.717, 1.165) is 10.9 Å². The molecule has 18 heavy (non-hydrogen) atoms. The van der Waals surface area contributed by atoms with Crippen LogP contribution in [0.4, 0.5) is 0 Å². The number of ether oxygens (including phenoxy) is 2. The molecule has 0 aliphatic heterocycles. The summed E-state index contributed by atoms with van der Waals surface area (Å²) in [7, 11) is 1.51. The van der Waals surface area contributed by atoms with Crippen molar-refractivity contribution in [1.82, 2.24) is 4.98 Å². The molecule has 0 saturated carbocycles. The lowest BCUT2D eigenvalue weighted by Crippen LogP contribution is -2.17. The Morgan fingerprint density at radius 3 is 2.78 bits per heavy atom. The van der Waals surface area contributed by atoms with Gasteiger partial charge in [0, 0.05) is 22.7 Å². The molecule has 1 aromatic carbocycles. The SMILES string of the molecule is CCOC(=O)C(=O)c1cc(OC)c2cc[nH]c2c1. The predicted molar refractivity (Wildman–Crippen MR) is 65.8 cm³/mol. The maximum Gasteiger partial charge on any atom is 0.379 e. The van der Waals surface area contributed by atoms with Crippen LogP contribution >= 0.6 is 0 Å². The lowest BCUT2D eigenvalue weighted by atomic mass is 10.1. The molecule has 1 heterocycles. The zero-order valence-electron chi connectivity index (χ0n) is 10.1. The molecule has 2 aromatic rings. The minimum Gasteiger partial charge on any atom is -0.496 e. The molecule has 0 bridgehead atoms. The number of aromatic nitrogens is 1. The van der Waals surface area contributed by atoms with E-state index in [1.807, 2.05) is 6.07 Å². The average molecular weight is 247 g/mol. The number of fused-ring (bicyclic) bond motifs is 1. The van der Waals surface area contributed by atoms with Crippen molar-refractivity contribution in [3.8, 4) is 5.75 Å². The molecule has 2 rings (SSSR count). The normalized spacial score (nSPS) is 10.3. The lowest BCUT2D eigenvalue weighted by molar-refractivity contribution is -0.137. The van der Waals surface area contributed by atoms with E-state index in [-0.39, 0.29) is 12.2 Å². The van der Waals surface area contributed by atoms with E-state index < -0.39 is 11.8 Å². The summed E-state index contributed by atoms with van der Waals surface area (Å²) < 4.78 is 9.88. The second-order valence-corrected chi connectivity index (χ2v) is 3.67. The minimum atomic E-state index is -0.856. The summed E-state index contributed by atoms with van der Waals surface area (Å²) in [6, 6.07) is 4.99. The van der Waals surface area contributed by atoms with Crippen LogP contribution in [0.3, 0.4) is 0 Å². The lowest BCUT2D eigenvalue weighted by Gasteiger charge is -2.05. The predicted octanol–water partition coefficient (Wildman–Crippen LogP) is 1.92. The summed E-state index contributed by atoms with van der Waals surface area (Å²) in [5.41, 5.74) is 0.988. The standard InChI is InChI=1S/C13H13NO4/c1-3-18-13(16)12(15)8-6-10-9(4-5-14-10)11(7-8)17-2/h4-7,14H,3H2,1-2H3. The third kappa shape index (κ3) is 2.07. The molecule has 1 N–H and O–H groups in total. The number of carbonyl (C=O) groups is 2. The van der Waals surface area contributed by atoms with Gasteiger partial charge in [-0.15, -0.1) is 0 Å². The second kappa shape index (κ2) is 4.91. The number of aromatic amines is 1.